The van der Waals surface area contributed by atoms with E-state index in [4.69, 9.17) is 0 Å². The summed E-state index contributed by atoms with van der Waals surface area (Å²) in [5, 5.41) is 2.19. The molecule has 0 aliphatic heterocycles. The maximum absolute atomic E-state index is 13.7. The van der Waals surface area contributed by atoms with E-state index in [1.807, 2.05) is 0 Å². The van der Waals surface area contributed by atoms with Crippen molar-refractivity contribution in [3.63, 3.8) is 0 Å². The fourth-order valence-electron chi connectivity index (χ4n) is 3.63. The zero-order valence-electron chi connectivity index (χ0n) is 16.4. The molecule has 0 radical (unpaired) electrons. The van der Waals surface area contributed by atoms with Crippen molar-refractivity contribution in [2.24, 2.45) is 5.92 Å². The number of anilines is 1. The molecule has 2 unspecified atom stereocenters. The number of alkyl halides is 2. The van der Waals surface area contributed by atoms with Crippen LogP contribution in [0.2, 0.25) is 0 Å². The number of amides is 1. The van der Waals surface area contributed by atoms with E-state index in [2.05, 4.69) is 15.3 Å². The van der Waals surface area contributed by atoms with Crippen LogP contribution in [-0.2, 0) is 14.6 Å². The highest BCUT2D eigenvalue weighted by Gasteiger charge is 2.37. The average Bonchev–Trinajstić information content (AvgIpc) is 3.55. The first-order chi connectivity index (χ1) is 14.7. The van der Waals surface area contributed by atoms with Crippen molar-refractivity contribution in [2.75, 3.05) is 5.32 Å². The Morgan fingerprint density at radius 2 is 1.77 bits per heavy atom. The monoisotopic (exact) mass is 449 g/mol. The predicted molar refractivity (Wildman–Crippen MR) is 111 cm³/mol. The van der Waals surface area contributed by atoms with Gasteiger partial charge in [0, 0.05) is 11.8 Å². The third-order valence-corrected chi connectivity index (χ3v) is 7.74. The molecule has 2 aliphatic carbocycles. The lowest BCUT2D eigenvalue weighted by Gasteiger charge is -2.12. The zero-order chi connectivity index (χ0) is 22.2. The summed E-state index contributed by atoms with van der Waals surface area (Å²) < 4.78 is 52.1. The van der Waals surface area contributed by atoms with Crippen LogP contribution in [0.15, 0.2) is 52.4 Å². The standard InChI is InChI=1S/C21H21F2N3O4S/c22-17-8-12(9-18(17)23)7-16(21(28)26-19-10-25-20(27)11-24-19)13-1-3-14(4-2-13)31(29,30)15-5-6-15/h1-4,7,10-12,15,17-18H,5-6,8-9H2,(H,25,27)(H,24,26,28)/b16-7+. The lowest BCUT2D eigenvalue weighted by atomic mass is 9.98. The second-order valence-electron chi connectivity index (χ2n) is 7.86. The number of carbonyl (C=O) groups excluding carboxylic acids is 1. The zero-order valence-corrected chi connectivity index (χ0v) is 17.2. The van der Waals surface area contributed by atoms with E-state index in [-0.39, 0.29) is 34.4 Å². The first-order valence-corrected chi connectivity index (χ1v) is 11.5. The van der Waals surface area contributed by atoms with Crippen LogP contribution >= 0.6 is 0 Å². The summed E-state index contributed by atoms with van der Waals surface area (Å²) in [6.45, 7) is 0. The predicted octanol–water partition coefficient (Wildman–Crippen LogP) is 2.81. The molecule has 164 valence electrons. The summed E-state index contributed by atoms with van der Waals surface area (Å²) in [6.07, 6.45) is 1.78. The van der Waals surface area contributed by atoms with Crippen molar-refractivity contribution >= 4 is 27.1 Å². The molecule has 0 spiro atoms. The van der Waals surface area contributed by atoms with Crippen molar-refractivity contribution in [3.8, 4) is 0 Å². The molecule has 2 atom stereocenters. The Labute approximate surface area is 177 Å². The molecule has 2 saturated carbocycles. The molecule has 1 amide bonds. The van der Waals surface area contributed by atoms with Gasteiger partial charge >= 0.3 is 0 Å². The maximum Gasteiger partial charge on any atom is 0.266 e. The number of halogens is 2. The Bertz CT molecular complexity index is 1140. The second-order valence-corrected chi connectivity index (χ2v) is 10.1. The van der Waals surface area contributed by atoms with Crippen molar-refractivity contribution in [2.45, 2.75) is 48.2 Å². The third-order valence-electron chi connectivity index (χ3n) is 5.47. The summed E-state index contributed by atoms with van der Waals surface area (Å²) in [4.78, 5) is 30.5. The molecule has 4 rings (SSSR count). The second kappa shape index (κ2) is 8.33. The van der Waals surface area contributed by atoms with Crippen molar-refractivity contribution in [1.29, 1.82) is 0 Å². The third kappa shape index (κ3) is 4.73. The van der Waals surface area contributed by atoms with Gasteiger partial charge in [-0.05, 0) is 49.3 Å². The Hall–Kier alpha value is -2.88. The van der Waals surface area contributed by atoms with Crippen LogP contribution in [0.3, 0.4) is 0 Å². The van der Waals surface area contributed by atoms with Gasteiger partial charge in [0.2, 0.25) is 0 Å². The lowest BCUT2D eigenvalue weighted by Crippen LogP contribution is -2.17. The van der Waals surface area contributed by atoms with Crippen LogP contribution < -0.4 is 10.9 Å². The molecule has 0 bridgehead atoms. The molecule has 1 heterocycles. The van der Waals surface area contributed by atoms with Crippen LogP contribution in [0, 0.1) is 5.92 Å². The lowest BCUT2D eigenvalue weighted by molar-refractivity contribution is -0.111. The van der Waals surface area contributed by atoms with Gasteiger partial charge in [-0.1, -0.05) is 18.2 Å². The van der Waals surface area contributed by atoms with Crippen LogP contribution in [0.5, 0.6) is 0 Å². The Kier molecular flexibility index (Phi) is 5.74. The minimum atomic E-state index is -3.38. The summed E-state index contributed by atoms with van der Waals surface area (Å²) in [7, 11) is -3.38. The normalized spacial score (nSPS) is 24.2. The number of rotatable bonds is 6. The molecule has 31 heavy (non-hydrogen) atoms. The van der Waals surface area contributed by atoms with E-state index in [1.54, 1.807) is 0 Å². The van der Waals surface area contributed by atoms with Gasteiger partial charge in [0.05, 0.1) is 16.3 Å². The quantitative estimate of drug-likeness (QED) is 0.659. The number of aromatic amines is 1. The minimum absolute atomic E-state index is 0.0387. The first-order valence-electron chi connectivity index (χ1n) is 9.94. The van der Waals surface area contributed by atoms with Crippen LogP contribution in [0.25, 0.3) is 5.57 Å². The van der Waals surface area contributed by atoms with E-state index in [9.17, 15) is 26.8 Å². The Morgan fingerprint density at radius 1 is 1.13 bits per heavy atom. The van der Waals surface area contributed by atoms with Gasteiger partial charge in [-0.25, -0.2) is 22.2 Å². The van der Waals surface area contributed by atoms with E-state index in [1.165, 1.54) is 36.5 Å². The molecule has 1 aromatic heterocycles. The van der Waals surface area contributed by atoms with E-state index < -0.39 is 39.6 Å². The van der Waals surface area contributed by atoms with Crippen molar-refractivity contribution in [1.82, 2.24) is 9.97 Å². The number of nitrogens with zero attached hydrogens (tertiary/aromatic N) is 1. The summed E-state index contributed by atoms with van der Waals surface area (Å²) in [5.74, 6) is -0.971. The molecule has 2 aromatic rings. The highest BCUT2D eigenvalue weighted by molar-refractivity contribution is 7.92. The summed E-state index contributed by atoms with van der Waals surface area (Å²) >= 11 is 0. The average molecular weight is 449 g/mol. The topological polar surface area (TPSA) is 109 Å². The molecular formula is C21H21F2N3O4S. The van der Waals surface area contributed by atoms with Crippen LogP contribution in [-0.4, -0.2) is 41.9 Å². The van der Waals surface area contributed by atoms with Crippen molar-refractivity contribution < 1.29 is 22.0 Å². The number of hydrogen-bond donors (Lipinski definition) is 2. The number of sulfone groups is 1. The molecule has 2 aliphatic rings. The van der Waals surface area contributed by atoms with Gasteiger partial charge in [-0.2, -0.15) is 0 Å². The molecule has 0 saturated heterocycles. The van der Waals surface area contributed by atoms with E-state index >= 15 is 0 Å². The Morgan fingerprint density at radius 3 is 2.32 bits per heavy atom. The fraction of sp³-hybridized carbons (Fsp3) is 0.381. The van der Waals surface area contributed by atoms with E-state index in [0.29, 0.717) is 18.4 Å². The van der Waals surface area contributed by atoms with Crippen LogP contribution in [0.4, 0.5) is 14.6 Å². The Balaban J connectivity index is 1.64. The maximum atomic E-state index is 13.7. The minimum Gasteiger partial charge on any atom is -0.324 e. The molecule has 2 N–H and O–H groups in total. The fourth-order valence-corrected chi connectivity index (χ4v) is 5.29. The molecular weight excluding hydrogens is 428 g/mol. The molecule has 2 fully saturated rings. The number of allylic oxidation sites excluding steroid dienone is 1. The van der Waals surface area contributed by atoms with Gasteiger partial charge in [0.1, 0.15) is 18.2 Å². The highest BCUT2D eigenvalue weighted by atomic mass is 32.2. The van der Waals surface area contributed by atoms with Gasteiger partial charge in [0.25, 0.3) is 11.5 Å². The molecule has 1 aromatic carbocycles. The number of benzene rings is 1. The van der Waals surface area contributed by atoms with Gasteiger partial charge in [0.15, 0.2) is 9.84 Å². The molecule has 7 nitrogen and oxygen atoms in total. The highest BCUT2D eigenvalue weighted by Crippen LogP contribution is 2.36. The summed E-state index contributed by atoms with van der Waals surface area (Å²) in [5.41, 5.74) is 0.124. The number of nitrogens with one attached hydrogen (secondary N) is 2. The van der Waals surface area contributed by atoms with Gasteiger partial charge in [-0.15, -0.1) is 0 Å². The number of carbonyl (C=O) groups is 1. The smallest absolute Gasteiger partial charge is 0.266 e. The number of hydrogen-bond acceptors (Lipinski definition) is 5. The van der Waals surface area contributed by atoms with Crippen LogP contribution in [0.1, 0.15) is 31.2 Å². The van der Waals surface area contributed by atoms with Crippen molar-refractivity contribution in [3.05, 3.63) is 58.7 Å². The van der Waals surface area contributed by atoms with Gasteiger partial charge in [-0.3, -0.25) is 9.59 Å². The van der Waals surface area contributed by atoms with Gasteiger partial charge < -0.3 is 10.3 Å². The number of H-pyrrole nitrogens is 1. The largest absolute Gasteiger partial charge is 0.324 e. The number of aromatic nitrogens is 2. The SMILES string of the molecule is O=C(Nc1c[nH]c(=O)cn1)/C(=C/C1CC(F)C(F)C1)c1ccc(S(=O)(=O)C2CC2)cc1. The molecule has 10 heteroatoms. The first kappa shape index (κ1) is 21.4. The summed E-state index contributed by atoms with van der Waals surface area (Å²) in [6, 6.07) is 5.89. The van der Waals surface area contributed by atoms with E-state index in [0.717, 1.165) is 6.20 Å².